The van der Waals surface area contributed by atoms with Crippen LogP contribution in [0.3, 0.4) is 0 Å². The van der Waals surface area contributed by atoms with Crippen molar-refractivity contribution in [2.45, 2.75) is 64.2 Å². The van der Waals surface area contributed by atoms with Crippen LogP contribution in [0.2, 0.25) is 0 Å². The third kappa shape index (κ3) is 3.84. The lowest BCUT2D eigenvalue weighted by atomic mass is 9.73. The van der Waals surface area contributed by atoms with Crippen molar-refractivity contribution >= 4 is 17.2 Å². The summed E-state index contributed by atoms with van der Waals surface area (Å²) in [6, 6.07) is 0. The molecule has 3 aliphatic rings. The van der Waals surface area contributed by atoms with E-state index in [0.717, 1.165) is 51.1 Å². The number of nitrogens with one attached hydrogen (secondary N) is 1. The quantitative estimate of drug-likeness (QED) is 0.548. The average Bonchev–Trinajstić information content (AvgIpc) is 3.39. The van der Waals surface area contributed by atoms with Crippen LogP contribution in [0.15, 0.2) is 17.7 Å². The molecule has 0 unspecified atom stereocenters. The summed E-state index contributed by atoms with van der Waals surface area (Å²) in [5.41, 5.74) is 3.13. The largest absolute Gasteiger partial charge is 0.370 e. The van der Waals surface area contributed by atoms with Crippen LogP contribution in [-0.4, -0.2) is 47.1 Å². The van der Waals surface area contributed by atoms with Gasteiger partial charge in [-0.1, -0.05) is 12.2 Å². The normalized spacial score (nSPS) is 32.4. The molecule has 2 bridgehead atoms. The molecule has 1 amide bonds. The number of amides is 1. The zero-order valence-electron chi connectivity index (χ0n) is 16.4. The van der Waals surface area contributed by atoms with Gasteiger partial charge < -0.3 is 10.1 Å². The highest BCUT2D eigenvalue weighted by atomic mass is 32.1. The molecule has 27 heavy (non-hydrogen) atoms. The van der Waals surface area contributed by atoms with Crippen molar-refractivity contribution in [3.63, 3.8) is 0 Å². The van der Waals surface area contributed by atoms with Crippen molar-refractivity contribution in [1.82, 2.24) is 15.2 Å². The second-order valence-corrected chi connectivity index (χ2v) is 9.27. The smallest absolute Gasteiger partial charge is 0.220 e. The van der Waals surface area contributed by atoms with Gasteiger partial charge in [-0.25, -0.2) is 4.98 Å². The minimum atomic E-state index is 0.0323. The van der Waals surface area contributed by atoms with E-state index in [0.29, 0.717) is 24.4 Å². The zero-order chi connectivity index (χ0) is 18.9. The molecule has 0 saturated carbocycles. The van der Waals surface area contributed by atoms with Crippen molar-refractivity contribution in [3.05, 3.63) is 28.2 Å². The first-order chi connectivity index (χ1) is 13.1. The summed E-state index contributed by atoms with van der Waals surface area (Å²) in [5, 5.41) is 3.20. The van der Waals surface area contributed by atoms with Gasteiger partial charge >= 0.3 is 0 Å². The van der Waals surface area contributed by atoms with Crippen LogP contribution in [-0.2, 0) is 16.1 Å². The Morgan fingerprint density at radius 1 is 1.56 bits per heavy atom. The van der Waals surface area contributed by atoms with Gasteiger partial charge in [0.2, 0.25) is 5.91 Å². The predicted octanol–water partition coefficient (Wildman–Crippen LogP) is 3.29. The molecule has 0 radical (unpaired) electrons. The van der Waals surface area contributed by atoms with E-state index in [-0.39, 0.29) is 11.5 Å². The number of aromatic nitrogens is 1. The third-order valence-corrected chi connectivity index (χ3v) is 7.53. The maximum absolute atomic E-state index is 12.2. The summed E-state index contributed by atoms with van der Waals surface area (Å²) >= 11 is 1.75. The van der Waals surface area contributed by atoms with Crippen molar-refractivity contribution in [1.29, 1.82) is 0 Å². The summed E-state index contributed by atoms with van der Waals surface area (Å²) in [6.45, 7) is 7.97. The van der Waals surface area contributed by atoms with Crippen LogP contribution in [0.4, 0.5) is 0 Å². The number of thiazole rings is 1. The Balaban J connectivity index is 1.31. The monoisotopic (exact) mass is 389 g/mol. The lowest BCUT2D eigenvalue weighted by Crippen LogP contribution is -2.41. The van der Waals surface area contributed by atoms with Crippen LogP contribution < -0.4 is 5.32 Å². The van der Waals surface area contributed by atoms with Crippen molar-refractivity contribution < 1.29 is 9.53 Å². The van der Waals surface area contributed by atoms with Crippen LogP contribution >= 0.6 is 11.3 Å². The van der Waals surface area contributed by atoms with Crippen LogP contribution in [0.1, 0.15) is 49.6 Å². The van der Waals surface area contributed by atoms with Crippen molar-refractivity contribution in [3.8, 4) is 0 Å². The van der Waals surface area contributed by atoms with Gasteiger partial charge in [0, 0.05) is 49.3 Å². The Bertz CT molecular complexity index is 703. The molecule has 4 heterocycles. The lowest BCUT2D eigenvalue weighted by molar-refractivity contribution is -0.121. The maximum atomic E-state index is 12.2. The lowest BCUT2D eigenvalue weighted by Gasteiger charge is -2.29. The highest BCUT2D eigenvalue weighted by Crippen LogP contribution is 2.54. The zero-order valence-corrected chi connectivity index (χ0v) is 17.3. The highest BCUT2D eigenvalue weighted by molar-refractivity contribution is 7.09. The molecule has 4 atom stereocenters. The van der Waals surface area contributed by atoms with E-state index in [2.05, 4.69) is 28.2 Å². The Kier molecular flexibility index (Phi) is 5.67. The number of fused-ring (bicyclic) bond motifs is 1. The van der Waals surface area contributed by atoms with Crippen LogP contribution in [0, 0.1) is 18.8 Å². The molecule has 1 aromatic rings. The van der Waals surface area contributed by atoms with Gasteiger partial charge in [-0.2, -0.15) is 0 Å². The molecule has 4 rings (SSSR count). The van der Waals surface area contributed by atoms with Crippen molar-refractivity contribution in [2.24, 2.45) is 11.8 Å². The topological polar surface area (TPSA) is 54.5 Å². The standard InChI is InChI=1S/C21H31N3O2S/c1-3-4-5-6-7-20(25)22-10-16-17-11-24(12-19-15(2)23-14-27-19)13-21(17)9-8-18(16)26-21/h3-4,14,16-18H,5-13H2,1-2H3,(H,22,25)/b4-3+/t16-,17+,18+,21+/m0/s1. The van der Waals surface area contributed by atoms with Crippen LogP contribution in [0.5, 0.6) is 0 Å². The first-order valence-electron chi connectivity index (χ1n) is 10.3. The van der Waals surface area contributed by atoms with Gasteiger partial charge in [0.25, 0.3) is 0 Å². The number of aryl methyl sites for hydroxylation is 1. The second-order valence-electron chi connectivity index (χ2n) is 8.33. The fourth-order valence-electron chi connectivity index (χ4n) is 5.23. The first-order valence-corrected chi connectivity index (χ1v) is 11.2. The number of likely N-dealkylation sites (tertiary alicyclic amines) is 1. The maximum Gasteiger partial charge on any atom is 0.220 e. The van der Waals surface area contributed by atoms with Crippen LogP contribution in [0.25, 0.3) is 0 Å². The Morgan fingerprint density at radius 3 is 3.22 bits per heavy atom. The summed E-state index contributed by atoms with van der Waals surface area (Å²) in [6.07, 6.45) is 9.36. The number of carbonyl (C=O) groups is 1. The van der Waals surface area contributed by atoms with Gasteiger partial charge in [0.05, 0.1) is 22.9 Å². The van der Waals surface area contributed by atoms with Gasteiger partial charge in [-0.15, -0.1) is 11.3 Å². The number of unbranched alkanes of at least 4 members (excludes halogenated alkanes) is 1. The summed E-state index contributed by atoms with van der Waals surface area (Å²) in [5.74, 6) is 1.20. The predicted molar refractivity (Wildman–Crippen MR) is 108 cm³/mol. The molecule has 6 heteroatoms. The molecule has 1 spiro atoms. The molecular weight excluding hydrogens is 358 g/mol. The third-order valence-electron chi connectivity index (χ3n) is 6.61. The van der Waals surface area contributed by atoms with E-state index in [9.17, 15) is 4.79 Å². The number of hydrogen-bond acceptors (Lipinski definition) is 5. The summed E-state index contributed by atoms with van der Waals surface area (Å²) in [7, 11) is 0. The first kappa shape index (κ1) is 19.1. The number of hydrogen-bond donors (Lipinski definition) is 1. The molecule has 3 fully saturated rings. The molecule has 148 valence electrons. The van der Waals surface area contributed by atoms with Gasteiger partial charge in [-0.3, -0.25) is 9.69 Å². The minimum absolute atomic E-state index is 0.0323. The summed E-state index contributed by atoms with van der Waals surface area (Å²) < 4.78 is 6.51. The molecular formula is C21H31N3O2S. The van der Waals surface area contributed by atoms with E-state index in [1.54, 1.807) is 11.3 Å². The Hall–Kier alpha value is -1.24. The fourth-order valence-corrected chi connectivity index (χ4v) is 6.05. The van der Waals surface area contributed by atoms with E-state index in [1.807, 2.05) is 18.5 Å². The molecule has 5 nitrogen and oxygen atoms in total. The second kappa shape index (κ2) is 8.02. The van der Waals surface area contributed by atoms with E-state index >= 15 is 0 Å². The van der Waals surface area contributed by atoms with Gasteiger partial charge in [-0.05, 0) is 39.5 Å². The number of carbonyl (C=O) groups excluding carboxylic acids is 1. The van der Waals surface area contributed by atoms with E-state index in [4.69, 9.17) is 4.74 Å². The van der Waals surface area contributed by atoms with E-state index < -0.39 is 0 Å². The molecule has 3 saturated heterocycles. The van der Waals surface area contributed by atoms with Gasteiger partial charge in [0.15, 0.2) is 0 Å². The number of ether oxygens (including phenoxy) is 1. The SMILES string of the molecule is C/C=C/CCCC(=O)NC[C@H]1[C@H]2CN(Cc3scnc3C)C[C@]23CC[C@H]1O3. The molecule has 0 aliphatic carbocycles. The number of nitrogens with zero attached hydrogens (tertiary/aromatic N) is 2. The molecule has 1 N–H and O–H groups in total. The van der Waals surface area contributed by atoms with Crippen molar-refractivity contribution in [2.75, 3.05) is 19.6 Å². The number of rotatable bonds is 8. The Labute approximate surface area is 166 Å². The Morgan fingerprint density at radius 2 is 2.44 bits per heavy atom. The molecule has 1 aromatic heterocycles. The van der Waals surface area contributed by atoms with Gasteiger partial charge in [0.1, 0.15) is 0 Å². The highest BCUT2D eigenvalue weighted by Gasteiger charge is 2.62. The fraction of sp³-hybridized carbons (Fsp3) is 0.714. The molecule has 3 aliphatic heterocycles. The number of allylic oxidation sites excluding steroid dienone is 2. The van der Waals surface area contributed by atoms with E-state index in [1.165, 1.54) is 11.3 Å². The minimum Gasteiger partial charge on any atom is -0.370 e. The average molecular weight is 390 g/mol. The molecule has 0 aromatic carbocycles. The summed E-state index contributed by atoms with van der Waals surface area (Å²) in [4.78, 5) is 20.5.